The second-order valence-corrected chi connectivity index (χ2v) is 14.1. The first-order valence-corrected chi connectivity index (χ1v) is 18.1. The number of aromatic nitrogens is 6. The molecule has 50 heavy (non-hydrogen) atoms. The quantitative estimate of drug-likeness (QED) is 0.133. The molecule has 0 radical (unpaired) electrons. The van der Waals surface area contributed by atoms with E-state index in [4.69, 9.17) is 15.0 Å². The van der Waals surface area contributed by atoms with E-state index in [1.807, 2.05) is 29.0 Å². The first-order valence-electron chi connectivity index (χ1n) is 18.1. The van der Waals surface area contributed by atoms with Crippen molar-refractivity contribution >= 4 is 29.0 Å². The number of nitrogens with one attached hydrogen (secondary N) is 3. The first-order chi connectivity index (χ1) is 24.1. The minimum Gasteiger partial charge on any atom is -0.388 e. The Balaban J connectivity index is 1.19. The number of amides is 2. The molecule has 1 aliphatic heterocycles. The van der Waals surface area contributed by atoms with Crippen LogP contribution in [0.15, 0.2) is 49.1 Å². The fraction of sp³-hybridized carbons (Fsp3) is 0.583. The van der Waals surface area contributed by atoms with Gasteiger partial charge in [-0.1, -0.05) is 37.3 Å². The van der Waals surface area contributed by atoms with Gasteiger partial charge >= 0.3 is 6.03 Å². The maximum atomic E-state index is 12.8. The second-order valence-electron chi connectivity index (χ2n) is 14.1. The molecule has 6 rings (SSSR count). The number of carbonyl (C=O) groups excluding carboxylic acids is 1. The second kappa shape index (κ2) is 15.7. The Hall–Kier alpha value is -4.27. The van der Waals surface area contributed by atoms with E-state index in [0.29, 0.717) is 67.6 Å². The smallest absolute Gasteiger partial charge is 0.315 e. The number of benzene rings is 1. The zero-order chi connectivity index (χ0) is 35.4. The third-order valence-electron chi connectivity index (χ3n) is 10.1. The number of urea groups is 1. The molecule has 5 N–H and O–H groups in total. The molecule has 2 amide bonds. The summed E-state index contributed by atoms with van der Waals surface area (Å²) in [5.41, 5.74) is 3.47. The number of fused-ring (bicyclic) bond motifs is 1. The van der Waals surface area contributed by atoms with Gasteiger partial charge in [-0.05, 0) is 64.5 Å². The van der Waals surface area contributed by atoms with E-state index in [-0.39, 0.29) is 18.1 Å². The lowest BCUT2D eigenvalue weighted by atomic mass is 10.1. The molecule has 0 unspecified atom stereocenters. The molecule has 3 aromatic heterocycles. The molecule has 0 bridgehead atoms. The average Bonchev–Trinajstić information content (AvgIpc) is 3.91. The van der Waals surface area contributed by atoms with E-state index in [2.05, 4.69) is 77.6 Å². The summed E-state index contributed by atoms with van der Waals surface area (Å²) in [7, 11) is 0. The van der Waals surface area contributed by atoms with Crippen molar-refractivity contribution in [2.75, 3.05) is 42.9 Å². The fourth-order valence-corrected chi connectivity index (χ4v) is 7.36. The third kappa shape index (κ3) is 7.87. The van der Waals surface area contributed by atoms with Gasteiger partial charge in [-0.2, -0.15) is 15.1 Å². The van der Waals surface area contributed by atoms with Crippen LogP contribution in [-0.2, 0) is 12.8 Å². The van der Waals surface area contributed by atoms with E-state index in [1.54, 1.807) is 17.2 Å². The van der Waals surface area contributed by atoms with Crippen molar-refractivity contribution in [2.45, 2.75) is 103 Å². The van der Waals surface area contributed by atoms with Crippen LogP contribution in [0.4, 0.5) is 16.6 Å². The van der Waals surface area contributed by atoms with Crippen LogP contribution in [0, 0.1) is 0 Å². The first kappa shape index (κ1) is 35.6. The lowest BCUT2D eigenvalue weighted by molar-refractivity contribution is 0.00721. The molecular weight excluding hydrogens is 634 g/mol. The van der Waals surface area contributed by atoms with Gasteiger partial charge in [0.25, 0.3) is 0 Å². The summed E-state index contributed by atoms with van der Waals surface area (Å²) in [4.78, 5) is 31.9. The molecule has 1 aromatic carbocycles. The lowest BCUT2D eigenvalue weighted by Gasteiger charge is -2.30. The van der Waals surface area contributed by atoms with Gasteiger partial charge in [-0.3, -0.25) is 9.58 Å². The molecule has 270 valence electrons. The third-order valence-corrected chi connectivity index (χ3v) is 10.1. The fourth-order valence-electron chi connectivity index (χ4n) is 7.36. The molecule has 14 nitrogen and oxygen atoms in total. The van der Waals surface area contributed by atoms with Gasteiger partial charge in [0, 0.05) is 57.0 Å². The van der Waals surface area contributed by atoms with Gasteiger partial charge in [0.2, 0.25) is 5.95 Å². The Morgan fingerprint density at radius 1 is 1.02 bits per heavy atom. The van der Waals surface area contributed by atoms with Crippen LogP contribution in [0.2, 0.25) is 0 Å². The Morgan fingerprint density at radius 2 is 1.78 bits per heavy atom. The highest BCUT2D eigenvalue weighted by molar-refractivity contribution is 5.84. The molecule has 14 heteroatoms. The van der Waals surface area contributed by atoms with Crippen molar-refractivity contribution in [3.05, 3.63) is 60.2 Å². The van der Waals surface area contributed by atoms with Crippen LogP contribution >= 0.6 is 0 Å². The topological polar surface area (TPSA) is 162 Å². The van der Waals surface area contributed by atoms with Gasteiger partial charge in [0.05, 0.1) is 24.6 Å². The van der Waals surface area contributed by atoms with Crippen molar-refractivity contribution < 1.29 is 15.0 Å². The summed E-state index contributed by atoms with van der Waals surface area (Å²) in [5.74, 6) is 1.14. The monoisotopic (exact) mass is 687 g/mol. The Kier molecular flexibility index (Phi) is 11.2. The normalized spacial score (nSPS) is 22.4. The minimum atomic E-state index is -1.04. The molecule has 1 saturated carbocycles. The summed E-state index contributed by atoms with van der Waals surface area (Å²) in [6.45, 7) is 14.0. The summed E-state index contributed by atoms with van der Waals surface area (Å²) in [6.07, 6.45) is 6.27. The largest absolute Gasteiger partial charge is 0.388 e. The highest BCUT2D eigenvalue weighted by Gasteiger charge is 2.44. The van der Waals surface area contributed by atoms with Crippen molar-refractivity contribution in [2.24, 2.45) is 0 Å². The number of aryl methyl sites for hydroxylation is 1. The Morgan fingerprint density at radius 3 is 2.50 bits per heavy atom. The number of anilines is 2. The van der Waals surface area contributed by atoms with Gasteiger partial charge in [0.15, 0.2) is 17.0 Å². The Bertz CT molecular complexity index is 1700. The SMILES string of the molecule is CCc1cnn([C@H]2C[C@@H](n3cnc4c(NCCc5ccccc5)nc(N5CC[C@@H](NC(=O)NCCN(C(C)C)C(C)C)C5)nc43)[C@H](O)[C@@H]2O)c1. The minimum absolute atomic E-state index is 0.0605. The van der Waals surface area contributed by atoms with Crippen LogP contribution in [0.1, 0.15) is 70.7 Å². The average molecular weight is 688 g/mol. The van der Waals surface area contributed by atoms with E-state index in [1.165, 1.54) is 5.56 Å². The molecule has 1 saturated heterocycles. The number of nitrogens with zero attached hydrogens (tertiary/aromatic N) is 8. The highest BCUT2D eigenvalue weighted by Crippen LogP contribution is 2.40. The molecule has 5 atom stereocenters. The summed E-state index contributed by atoms with van der Waals surface area (Å²) < 4.78 is 3.64. The number of hydrogen-bond acceptors (Lipinski definition) is 10. The van der Waals surface area contributed by atoms with Gasteiger partial charge in [-0.25, -0.2) is 9.78 Å². The van der Waals surface area contributed by atoms with Crippen molar-refractivity contribution in [1.82, 2.24) is 44.8 Å². The standard InChI is InChI=1S/C36H53N11O3/c1-6-25-19-40-47(20-25)29-18-28(31(48)32(29)49)46-22-39-30-33(37-14-12-26-10-8-7-9-11-26)42-35(43-34(30)46)44-16-13-27(21-44)41-36(50)38-15-17-45(23(2)3)24(4)5/h7-11,19-20,22-24,27-29,31-32,48-49H,6,12-18,21H2,1-5H3,(H,37,42,43)(H2,38,41,50)/t27-,28-,29+,31+,32-/m1/s1. The predicted molar refractivity (Wildman–Crippen MR) is 194 cm³/mol. The van der Waals surface area contributed by atoms with E-state index in [9.17, 15) is 15.0 Å². The molecule has 4 heterocycles. The molecule has 4 aromatic rings. The van der Waals surface area contributed by atoms with Crippen LogP contribution in [0.25, 0.3) is 11.2 Å². The van der Waals surface area contributed by atoms with Crippen molar-refractivity contribution in [3.63, 3.8) is 0 Å². The number of imidazole rings is 1. The van der Waals surface area contributed by atoms with Gasteiger partial charge < -0.3 is 35.6 Å². The number of aliphatic hydroxyl groups is 2. The summed E-state index contributed by atoms with van der Waals surface area (Å²) in [6, 6.07) is 10.00. The molecular formula is C36H53N11O3. The van der Waals surface area contributed by atoms with Crippen LogP contribution in [-0.4, -0.2) is 114 Å². The molecule has 1 aliphatic carbocycles. The Labute approximate surface area is 294 Å². The van der Waals surface area contributed by atoms with Crippen LogP contribution in [0.3, 0.4) is 0 Å². The number of aliphatic hydroxyl groups excluding tert-OH is 2. The molecule has 2 fully saturated rings. The van der Waals surface area contributed by atoms with E-state index in [0.717, 1.165) is 31.4 Å². The molecule has 0 spiro atoms. The predicted octanol–water partition coefficient (Wildman–Crippen LogP) is 3.14. The number of carbonyl (C=O) groups is 1. The zero-order valence-electron chi connectivity index (χ0n) is 29.9. The van der Waals surface area contributed by atoms with Crippen LogP contribution < -0.4 is 20.9 Å². The summed E-state index contributed by atoms with van der Waals surface area (Å²) in [5, 5.41) is 36.6. The van der Waals surface area contributed by atoms with Gasteiger partial charge in [-0.15, -0.1) is 0 Å². The lowest BCUT2D eigenvalue weighted by Crippen LogP contribution is -2.47. The zero-order valence-corrected chi connectivity index (χ0v) is 29.9. The highest BCUT2D eigenvalue weighted by atomic mass is 16.3. The van der Waals surface area contributed by atoms with Crippen molar-refractivity contribution in [1.29, 1.82) is 0 Å². The van der Waals surface area contributed by atoms with Crippen molar-refractivity contribution in [3.8, 4) is 0 Å². The summed E-state index contributed by atoms with van der Waals surface area (Å²) >= 11 is 0. The van der Waals surface area contributed by atoms with Crippen LogP contribution in [0.5, 0.6) is 0 Å². The maximum absolute atomic E-state index is 12.8. The number of hydrogen-bond donors (Lipinski definition) is 5. The molecule has 2 aliphatic rings. The van der Waals surface area contributed by atoms with E-state index >= 15 is 0 Å². The van der Waals surface area contributed by atoms with E-state index < -0.39 is 18.2 Å². The maximum Gasteiger partial charge on any atom is 0.315 e. The van der Waals surface area contributed by atoms with Gasteiger partial charge in [0.1, 0.15) is 12.2 Å². The number of rotatable bonds is 14.